The molecule has 0 bridgehead atoms. The fraction of sp³-hybridized carbons (Fsp3) is 0.692. The molecule has 1 fully saturated rings. The minimum absolute atomic E-state index is 0.101. The number of rotatable bonds is 2. The van der Waals surface area contributed by atoms with Gasteiger partial charge in [-0.2, -0.15) is 11.8 Å². The highest BCUT2D eigenvalue weighted by molar-refractivity contribution is 7.99. The quantitative estimate of drug-likeness (QED) is 0.825. The van der Waals surface area contributed by atoms with Gasteiger partial charge in [-0.3, -0.25) is 5.32 Å². The van der Waals surface area contributed by atoms with Crippen LogP contribution in [0.25, 0.3) is 0 Å². The molecule has 0 radical (unpaired) electrons. The largest absolute Gasteiger partial charge is 0.334 e. The minimum Gasteiger partial charge on any atom is -0.334 e. The van der Waals surface area contributed by atoms with Gasteiger partial charge in [0.2, 0.25) is 0 Å². The van der Waals surface area contributed by atoms with Gasteiger partial charge in [0.15, 0.2) is 5.13 Å². The number of carbonyl (C=O) groups is 1. The summed E-state index contributed by atoms with van der Waals surface area (Å²) < 4.78 is 0. The van der Waals surface area contributed by atoms with Gasteiger partial charge in [-0.05, 0) is 37.9 Å². The van der Waals surface area contributed by atoms with E-state index in [0.29, 0.717) is 6.04 Å². The number of urea groups is 1. The fourth-order valence-electron chi connectivity index (χ4n) is 2.55. The van der Waals surface area contributed by atoms with Crippen molar-refractivity contribution in [3.63, 3.8) is 0 Å². The number of aromatic nitrogens is 1. The summed E-state index contributed by atoms with van der Waals surface area (Å²) in [7, 11) is 0. The lowest BCUT2D eigenvalue weighted by molar-refractivity contribution is 0.249. The zero-order chi connectivity index (χ0) is 13.1. The summed E-state index contributed by atoms with van der Waals surface area (Å²) in [6, 6.07) is 0.221. The van der Waals surface area contributed by atoms with E-state index in [1.807, 2.05) is 11.8 Å². The summed E-state index contributed by atoms with van der Waals surface area (Å²) >= 11 is 3.55. The average molecular weight is 297 g/mol. The van der Waals surface area contributed by atoms with Gasteiger partial charge < -0.3 is 5.32 Å². The Hall–Kier alpha value is -0.750. The van der Waals surface area contributed by atoms with Crippen LogP contribution in [0, 0.1) is 0 Å². The van der Waals surface area contributed by atoms with E-state index in [9.17, 15) is 4.79 Å². The van der Waals surface area contributed by atoms with Gasteiger partial charge in [0.25, 0.3) is 0 Å². The van der Waals surface area contributed by atoms with E-state index in [-0.39, 0.29) is 6.03 Å². The third kappa shape index (κ3) is 3.42. The number of thioether (sulfide) groups is 1. The molecule has 1 aromatic heterocycles. The van der Waals surface area contributed by atoms with Crippen molar-refractivity contribution in [1.29, 1.82) is 0 Å². The third-order valence-electron chi connectivity index (χ3n) is 3.58. The lowest BCUT2D eigenvalue weighted by Crippen LogP contribution is -2.37. The van der Waals surface area contributed by atoms with Gasteiger partial charge in [-0.1, -0.05) is 6.42 Å². The van der Waals surface area contributed by atoms with Gasteiger partial charge in [0.05, 0.1) is 5.69 Å². The number of fused-ring (bicyclic) bond motifs is 1. The fourth-order valence-corrected chi connectivity index (χ4v) is 4.75. The van der Waals surface area contributed by atoms with Crippen molar-refractivity contribution < 1.29 is 4.79 Å². The number of nitrogens with one attached hydrogen (secondary N) is 2. The zero-order valence-electron chi connectivity index (χ0n) is 10.9. The van der Waals surface area contributed by atoms with Crippen molar-refractivity contribution in [2.75, 3.05) is 16.8 Å². The molecule has 6 heteroatoms. The van der Waals surface area contributed by atoms with E-state index < -0.39 is 0 Å². The van der Waals surface area contributed by atoms with Gasteiger partial charge in [0, 0.05) is 16.7 Å². The Morgan fingerprint density at radius 1 is 1.26 bits per heavy atom. The molecule has 2 heterocycles. The summed E-state index contributed by atoms with van der Waals surface area (Å²) in [5.41, 5.74) is 1.20. The van der Waals surface area contributed by atoms with Crippen molar-refractivity contribution in [3.05, 3.63) is 10.6 Å². The second-order valence-electron chi connectivity index (χ2n) is 5.11. The van der Waals surface area contributed by atoms with Gasteiger partial charge in [0.1, 0.15) is 0 Å². The highest BCUT2D eigenvalue weighted by Gasteiger charge is 2.19. The predicted molar refractivity (Wildman–Crippen MR) is 81.3 cm³/mol. The number of thiazole rings is 1. The molecule has 0 saturated carbocycles. The van der Waals surface area contributed by atoms with E-state index in [1.54, 1.807) is 11.3 Å². The maximum absolute atomic E-state index is 11.9. The van der Waals surface area contributed by atoms with Gasteiger partial charge in [-0.25, -0.2) is 9.78 Å². The number of hydrogen-bond acceptors (Lipinski definition) is 4. The van der Waals surface area contributed by atoms with Crippen LogP contribution in [-0.2, 0) is 12.8 Å². The molecular formula is C13H19N3OS2. The van der Waals surface area contributed by atoms with Crippen LogP contribution in [0.2, 0.25) is 0 Å². The summed E-state index contributed by atoms with van der Waals surface area (Å²) in [5, 5.41) is 6.67. The molecule has 1 aromatic rings. The summed E-state index contributed by atoms with van der Waals surface area (Å²) in [5.74, 6) is 2.18. The van der Waals surface area contributed by atoms with E-state index in [1.165, 1.54) is 29.8 Å². The molecule has 0 aromatic carbocycles. The maximum atomic E-state index is 11.9. The predicted octanol–water partition coefficient (Wildman–Crippen LogP) is 3.04. The van der Waals surface area contributed by atoms with Gasteiger partial charge >= 0.3 is 6.03 Å². The molecular weight excluding hydrogens is 278 g/mol. The number of amides is 2. The van der Waals surface area contributed by atoms with Crippen molar-refractivity contribution in [1.82, 2.24) is 10.3 Å². The normalized spacial score (nSPS) is 22.6. The highest BCUT2D eigenvalue weighted by Crippen LogP contribution is 2.28. The molecule has 3 rings (SSSR count). The van der Waals surface area contributed by atoms with Crippen molar-refractivity contribution >= 4 is 34.3 Å². The zero-order valence-corrected chi connectivity index (χ0v) is 12.5. The van der Waals surface area contributed by atoms with E-state index in [4.69, 9.17) is 0 Å². The maximum Gasteiger partial charge on any atom is 0.321 e. The molecule has 2 N–H and O–H groups in total. The summed E-state index contributed by atoms with van der Waals surface area (Å²) in [6.07, 6.45) is 7.03. The molecule has 1 aliphatic carbocycles. The first-order valence-corrected chi connectivity index (χ1v) is 8.92. The number of nitrogens with zero attached hydrogens (tertiary/aromatic N) is 1. The van der Waals surface area contributed by atoms with Crippen LogP contribution >= 0.6 is 23.1 Å². The Labute approximate surface area is 121 Å². The molecule has 2 amide bonds. The van der Waals surface area contributed by atoms with Crippen LogP contribution in [0.1, 0.15) is 36.3 Å². The Morgan fingerprint density at radius 3 is 3.00 bits per heavy atom. The molecule has 1 saturated heterocycles. The molecule has 1 aliphatic heterocycles. The average Bonchev–Trinajstić information content (AvgIpc) is 2.95. The van der Waals surface area contributed by atoms with Crippen LogP contribution in [-0.4, -0.2) is 28.6 Å². The van der Waals surface area contributed by atoms with Crippen molar-refractivity contribution in [3.8, 4) is 0 Å². The highest BCUT2D eigenvalue weighted by atomic mass is 32.2. The van der Waals surface area contributed by atoms with E-state index >= 15 is 0 Å². The Morgan fingerprint density at radius 2 is 2.16 bits per heavy atom. The summed E-state index contributed by atoms with van der Waals surface area (Å²) in [6.45, 7) is 0. The van der Waals surface area contributed by atoms with E-state index in [2.05, 4.69) is 15.6 Å². The van der Waals surface area contributed by atoms with Gasteiger partial charge in [-0.15, -0.1) is 11.3 Å². The molecule has 2 aliphatic rings. The first kappa shape index (κ1) is 13.2. The Balaban J connectivity index is 1.58. The molecule has 104 valence electrons. The molecule has 19 heavy (non-hydrogen) atoms. The first-order chi connectivity index (χ1) is 9.31. The molecule has 1 unspecified atom stereocenters. The van der Waals surface area contributed by atoms with Crippen molar-refractivity contribution in [2.45, 2.75) is 44.6 Å². The third-order valence-corrected chi connectivity index (χ3v) is 5.82. The number of anilines is 1. The lowest BCUT2D eigenvalue weighted by atomic mass is 10.2. The Kier molecular flexibility index (Phi) is 4.28. The Bertz CT molecular complexity index is 431. The first-order valence-electron chi connectivity index (χ1n) is 6.95. The standard InChI is InChI=1S/C13H19N3OS2/c17-12(14-9-6-7-18-8-9)16-13-15-10-4-2-1-3-5-11(10)19-13/h9H,1-8H2,(H2,14,15,16,17). The van der Waals surface area contributed by atoms with Crippen LogP contribution in [0.4, 0.5) is 9.93 Å². The van der Waals surface area contributed by atoms with Crippen LogP contribution in [0.5, 0.6) is 0 Å². The second kappa shape index (κ2) is 6.13. The number of carbonyl (C=O) groups excluding carboxylic acids is 1. The smallest absolute Gasteiger partial charge is 0.321 e. The SMILES string of the molecule is O=C(Nc1nc2c(s1)CCCCC2)NC1CCSC1. The molecule has 4 nitrogen and oxygen atoms in total. The van der Waals surface area contributed by atoms with E-state index in [0.717, 1.165) is 35.9 Å². The second-order valence-corrected chi connectivity index (χ2v) is 7.34. The monoisotopic (exact) mass is 297 g/mol. The lowest BCUT2D eigenvalue weighted by Gasteiger charge is -2.10. The summed E-state index contributed by atoms with van der Waals surface area (Å²) in [4.78, 5) is 17.8. The van der Waals surface area contributed by atoms with Crippen molar-refractivity contribution in [2.24, 2.45) is 0 Å². The number of aryl methyl sites for hydroxylation is 2. The molecule has 1 atom stereocenters. The van der Waals surface area contributed by atoms with Crippen LogP contribution in [0.15, 0.2) is 0 Å². The topological polar surface area (TPSA) is 54.0 Å². The molecule has 0 spiro atoms. The number of hydrogen-bond donors (Lipinski definition) is 2. The van der Waals surface area contributed by atoms with Crippen LogP contribution < -0.4 is 10.6 Å². The van der Waals surface area contributed by atoms with Crippen LogP contribution in [0.3, 0.4) is 0 Å². The minimum atomic E-state index is -0.101.